The smallest absolute Gasteiger partial charge is 0.185 e. The molecule has 8 heteroatoms. The number of anilines is 1. The number of aryl methyl sites for hydroxylation is 1. The summed E-state index contributed by atoms with van der Waals surface area (Å²) in [5.74, 6) is 1.00. The number of aliphatic hydroxyl groups excluding tert-OH is 1. The Hall–Kier alpha value is -1.96. The molecule has 0 radical (unpaired) electrons. The molecule has 2 aromatic rings. The van der Waals surface area contributed by atoms with E-state index >= 15 is 0 Å². The Labute approximate surface area is 158 Å². The quantitative estimate of drug-likeness (QED) is 0.736. The zero-order valence-corrected chi connectivity index (χ0v) is 15.7. The molecule has 26 heavy (non-hydrogen) atoms. The second kappa shape index (κ2) is 8.16. The molecule has 1 fully saturated rings. The third kappa shape index (κ3) is 4.23. The van der Waals surface area contributed by atoms with Gasteiger partial charge in [0.1, 0.15) is 5.75 Å². The number of rotatable bonds is 5. The number of halogens is 1. The summed E-state index contributed by atoms with van der Waals surface area (Å²) in [6.45, 7) is 5.88. The lowest BCUT2D eigenvalue weighted by molar-refractivity contribution is 0.110. The molecule has 0 saturated carbocycles. The van der Waals surface area contributed by atoms with Crippen LogP contribution in [0.1, 0.15) is 25.3 Å². The summed E-state index contributed by atoms with van der Waals surface area (Å²) in [7, 11) is 0. The van der Waals surface area contributed by atoms with Crippen molar-refractivity contribution < 1.29 is 10.2 Å². The van der Waals surface area contributed by atoms with Crippen molar-refractivity contribution in [2.24, 2.45) is 0 Å². The van der Waals surface area contributed by atoms with E-state index in [9.17, 15) is 10.2 Å². The Bertz CT molecular complexity index is 733. The first-order valence-electron chi connectivity index (χ1n) is 8.78. The summed E-state index contributed by atoms with van der Waals surface area (Å²) >= 11 is 5.94. The van der Waals surface area contributed by atoms with Gasteiger partial charge in [0.2, 0.25) is 0 Å². The largest absolute Gasteiger partial charge is 0.507 e. The first kappa shape index (κ1) is 18.8. The molecule has 0 aliphatic carbocycles. The molecule has 0 spiro atoms. The monoisotopic (exact) mass is 377 g/mol. The fraction of sp³-hybridized carbons (Fsp3) is 0.500. The molecule has 0 amide bonds. The Morgan fingerprint density at radius 3 is 2.85 bits per heavy atom. The molecule has 2 unspecified atom stereocenters. The minimum atomic E-state index is 0.0402. The average Bonchev–Trinajstić information content (AvgIpc) is 2.62. The third-order valence-electron chi connectivity index (χ3n) is 4.76. The van der Waals surface area contributed by atoms with Crippen molar-refractivity contribution in [3.8, 4) is 17.1 Å². The van der Waals surface area contributed by atoms with Crippen molar-refractivity contribution >= 4 is 17.4 Å². The highest BCUT2D eigenvalue weighted by Gasteiger charge is 2.23. The number of nitrogens with one attached hydrogen (secondary N) is 1. The summed E-state index contributed by atoms with van der Waals surface area (Å²) in [6, 6.07) is 3.62. The molecule has 2 heterocycles. The number of likely N-dealkylation sites (tertiary alicyclic amines) is 1. The van der Waals surface area contributed by atoms with Crippen LogP contribution in [0.5, 0.6) is 5.75 Å². The van der Waals surface area contributed by atoms with Crippen molar-refractivity contribution in [2.45, 2.75) is 38.8 Å². The maximum Gasteiger partial charge on any atom is 0.185 e. The van der Waals surface area contributed by atoms with Crippen LogP contribution < -0.4 is 5.32 Å². The van der Waals surface area contributed by atoms with Gasteiger partial charge in [-0.3, -0.25) is 4.90 Å². The Morgan fingerprint density at radius 1 is 1.38 bits per heavy atom. The number of hydrogen-bond donors (Lipinski definition) is 3. The van der Waals surface area contributed by atoms with Crippen LogP contribution in [0.2, 0.25) is 5.02 Å². The first-order chi connectivity index (χ1) is 12.5. The predicted octanol–water partition coefficient (Wildman–Crippen LogP) is 2.46. The number of aromatic nitrogens is 3. The summed E-state index contributed by atoms with van der Waals surface area (Å²) in [5, 5.41) is 31.7. The molecule has 140 valence electrons. The maximum atomic E-state index is 10.1. The van der Waals surface area contributed by atoms with E-state index < -0.39 is 0 Å². The van der Waals surface area contributed by atoms with Gasteiger partial charge >= 0.3 is 0 Å². The van der Waals surface area contributed by atoms with Crippen molar-refractivity contribution in [3.05, 3.63) is 28.9 Å². The number of hydrogen-bond acceptors (Lipinski definition) is 7. The second-order valence-electron chi connectivity index (χ2n) is 6.79. The van der Waals surface area contributed by atoms with Gasteiger partial charge in [-0.15, -0.1) is 10.2 Å². The zero-order chi connectivity index (χ0) is 18.7. The average molecular weight is 378 g/mol. The van der Waals surface area contributed by atoms with Crippen molar-refractivity contribution in [1.29, 1.82) is 0 Å². The lowest BCUT2D eigenvalue weighted by atomic mass is 10.0. The lowest BCUT2D eigenvalue weighted by Gasteiger charge is -2.36. The van der Waals surface area contributed by atoms with E-state index in [2.05, 4.69) is 25.4 Å². The van der Waals surface area contributed by atoms with Gasteiger partial charge in [-0.1, -0.05) is 11.6 Å². The van der Waals surface area contributed by atoms with Crippen LogP contribution >= 0.6 is 11.6 Å². The molecule has 3 N–H and O–H groups in total. The standard InChI is InChI=1S/C18H24ClN5O2/c1-11-6-13(19)7-15(26)17(11)18-20-8-16(22-23-18)21-14-4-3-5-24(9-14)12(2)10-25/h6-8,12,14,25-26H,3-5,9-10H2,1-2H3,(H,21,22). The number of benzene rings is 1. The van der Waals surface area contributed by atoms with Crippen molar-refractivity contribution in [1.82, 2.24) is 20.1 Å². The maximum absolute atomic E-state index is 10.1. The minimum Gasteiger partial charge on any atom is -0.507 e. The van der Waals surface area contributed by atoms with E-state index in [1.165, 1.54) is 6.07 Å². The molecule has 1 aromatic carbocycles. The van der Waals surface area contributed by atoms with Gasteiger partial charge in [0, 0.05) is 23.7 Å². The van der Waals surface area contributed by atoms with E-state index in [0.29, 0.717) is 22.2 Å². The summed E-state index contributed by atoms with van der Waals surface area (Å²) in [6.07, 6.45) is 3.73. The summed E-state index contributed by atoms with van der Waals surface area (Å²) < 4.78 is 0. The Kier molecular flexibility index (Phi) is 5.90. The van der Waals surface area contributed by atoms with Crippen LogP contribution in [0.25, 0.3) is 11.4 Å². The molecular formula is C18H24ClN5O2. The van der Waals surface area contributed by atoms with Crippen LogP contribution in [-0.4, -0.2) is 62.1 Å². The topological polar surface area (TPSA) is 94.4 Å². The van der Waals surface area contributed by atoms with Crippen molar-refractivity contribution in [2.75, 3.05) is 25.0 Å². The Balaban J connectivity index is 1.71. The molecule has 7 nitrogen and oxygen atoms in total. The number of nitrogens with zero attached hydrogens (tertiary/aromatic N) is 4. The number of phenols is 1. The van der Waals surface area contributed by atoms with Crippen LogP contribution in [-0.2, 0) is 0 Å². The number of aromatic hydroxyl groups is 1. The highest BCUT2D eigenvalue weighted by atomic mass is 35.5. The van der Waals surface area contributed by atoms with Gasteiger partial charge in [-0.2, -0.15) is 0 Å². The summed E-state index contributed by atoms with van der Waals surface area (Å²) in [5.41, 5.74) is 1.33. The van der Waals surface area contributed by atoms with Gasteiger partial charge in [0.15, 0.2) is 11.6 Å². The van der Waals surface area contributed by atoms with Gasteiger partial charge in [-0.25, -0.2) is 4.98 Å². The molecule has 1 aliphatic rings. The van der Waals surface area contributed by atoms with E-state index in [1.54, 1.807) is 12.3 Å². The molecule has 1 saturated heterocycles. The van der Waals surface area contributed by atoms with E-state index in [-0.39, 0.29) is 24.4 Å². The molecule has 3 rings (SSSR count). The second-order valence-corrected chi connectivity index (χ2v) is 7.23. The van der Waals surface area contributed by atoms with Crippen LogP contribution in [0.15, 0.2) is 18.3 Å². The van der Waals surface area contributed by atoms with Gasteiger partial charge < -0.3 is 15.5 Å². The van der Waals surface area contributed by atoms with Gasteiger partial charge in [-0.05, 0) is 50.9 Å². The fourth-order valence-electron chi connectivity index (χ4n) is 3.32. The molecular weight excluding hydrogens is 354 g/mol. The first-order valence-corrected chi connectivity index (χ1v) is 9.16. The lowest BCUT2D eigenvalue weighted by Crippen LogP contribution is -2.47. The third-order valence-corrected chi connectivity index (χ3v) is 4.98. The van der Waals surface area contributed by atoms with Crippen LogP contribution in [0.4, 0.5) is 5.82 Å². The number of piperidine rings is 1. The van der Waals surface area contributed by atoms with Crippen molar-refractivity contribution in [3.63, 3.8) is 0 Å². The normalized spacial score (nSPS) is 19.3. The fourth-order valence-corrected chi connectivity index (χ4v) is 3.59. The van der Waals surface area contributed by atoms with E-state index in [4.69, 9.17) is 11.6 Å². The SMILES string of the molecule is Cc1cc(Cl)cc(O)c1-c1ncc(NC2CCCN(C(C)CO)C2)nn1. The highest BCUT2D eigenvalue weighted by molar-refractivity contribution is 6.30. The van der Waals surface area contributed by atoms with Gasteiger partial charge in [0.05, 0.1) is 18.4 Å². The number of phenolic OH excluding ortho intramolecular Hbond substituents is 1. The van der Waals surface area contributed by atoms with Crippen LogP contribution in [0.3, 0.4) is 0 Å². The molecule has 0 bridgehead atoms. The predicted molar refractivity (Wildman–Crippen MR) is 101 cm³/mol. The Morgan fingerprint density at radius 2 is 2.19 bits per heavy atom. The zero-order valence-electron chi connectivity index (χ0n) is 15.0. The van der Waals surface area contributed by atoms with Crippen LogP contribution in [0, 0.1) is 6.92 Å². The minimum absolute atomic E-state index is 0.0402. The molecule has 1 aliphatic heterocycles. The molecule has 1 aromatic heterocycles. The molecule has 2 atom stereocenters. The summed E-state index contributed by atoms with van der Waals surface area (Å²) in [4.78, 5) is 6.61. The van der Waals surface area contributed by atoms with Gasteiger partial charge in [0.25, 0.3) is 0 Å². The van der Waals surface area contributed by atoms with E-state index in [1.807, 2.05) is 13.8 Å². The number of aliphatic hydroxyl groups is 1. The highest BCUT2D eigenvalue weighted by Crippen LogP contribution is 2.32. The van der Waals surface area contributed by atoms with E-state index in [0.717, 1.165) is 31.5 Å².